The molecule has 0 aromatic heterocycles. The van der Waals surface area contributed by atoms with Gasteiger partial charge in [0.05, 0.1) is 24.3 Å². The zero-order valence-corrected chi connectivity index (χ0v) is 16.0. The molecule has 0 spiro atoms. The molecule has 6 nitrogen and oxygen atoms in total. The van der Waals surface area contributed by atoms with Gasteiger partial charge in [0, 0.05) is 0 Å². The van der Waals surface area contributed by atoms with Crippen molar-refractivity contribution in [3.05, 3.63) is 53.6 Å². The van der Waals surface area contributed by atoms with Crippen LogP contribution in [0, 0.1) is 6.92 Å². The van der Waals surface area contributed by atoms with Crippen molar-refractivity contribution in [2.45, 2.75) is 32.1 Å². The normalized spacial score (nSPS) is 11.5. The van der Waals surface area contributed by atoms with E-state index in [1.807, 2.05) is 20.8 Å². The van der Waals surface area contributed by atoms with Crippen molar-refractivity contribution in [1.82, 2.24) is 4.83 Å². The van der Waals surface area contributed by atoms with Gasteiger partial charge in [0.2, 0.25) is 0 Å². The molecule has 2 aromatic rings. The van der Waals surface area contributed by atoms with Crippen LogP contribution in [-0.4, -0.2) is 27.8 Å². The summed E-state index contributed by atoms with van der Waals surface area (Å²) in [6.45, 7) is 6.92. The van der Waals surface area contributed by atoms with E-state index in [4.69, 9.17) is 9.47 Å². The number of ether oxygens (including phenoxy) is 2. The second kappa shape index (κ2) is 9.24. The van der Waals surface area contributed by atoms with Crippen LogP contribution in [0.1, 0.15) is 31.4 Å². The number of nitrogens with zero attached hydrogens (tertiary/aromatic N) is 1. The summed E-state index contributed by atoms with van der Waals surface area (Å²) in [6.07, 6.45) is 2.33. The molecule has 0 aliphatic carbocycles. The quantitative estimate of drug-likeness (QED) is 0.537. The van der Waals surface area contributed by atoms with E-state index in [0.717, 1.165) is 12.0 Å². The number of hydrazone groups is 1. The lowest BCUT2D eigenvalue weighted by Crippen LogP contribution is -2.18. The van der Waals surface area contributed by atoms with Gasteiger partial charge in [-0.05, 0) is 56.2 Å². The summed E-state index contributed by atoms with van der Waals surface area (Å²) in [6, 6.07) is 11.9. The Bertz CT molecular complexity index is 846. The molecule has 0 heterocycles. The standard InChI is InChI=1S/C19H24N2O4S/c1-4-12-25-18-11-8-16(13-19(18)24-5-2)14-20-21-26(22,23)17-9-6-15(3)7-10-17/h6-11,13-14,21H,4-5,12H2,1-3H3. The minimum Gasteiger partial charge on any atom is -0.490 e. The Balaban J connectivity index is 2.11. The maximum Gasteiger partial charge on any atom is 0.276 e. The van der Waals surface area contributed by atoms with Crippen molar-refractivity contribution in [2.75, 3.05) is 13.2 Å². The molecule has 0 bridgehead atoms. The Morgan fingerprint density at radius 1 is 1.04 bits per heavy atom. The van der Waals surface area contributed by atoms with Crippen molar-refractivity contribution < 1.29 is 17.9 Å². The van der Waals surface area contributed by atoms with Gasteiger partial charge >= 0.3 is 0 Å². The third-order valence-corrected chi connectivity index (χ3v) is 4.69. The third-order valence-electron chi connectivity index (χ3n) is 3.45. The molecule has 1 N–H and O–H groups in total. The molecule has 26 heavy (non-hydrogen) atoms. The third kappa shape index (κ3) is 5.49. The monoisotopic (exact) mass is 376 g/mol. The Labute approximate surface area is 154 Å². The molecule has 0 aliphatic rings. The van der Waals surface area contributed by atoms with E-state index < -0.39 is 10.0 Å². The Hall–Kier alpha value is -2.54. The highest BCUT2D eigenvalue weighted by Gasteiger charge is 2.12. The first-order chi connectivity index (χ1) is 12.5. The average molecular weight is 376 g/mol. The van der Waals surface area contributed by atoms with E-state index in [2.05, 4.69) is 9.93 Å². The molecular weight excluding hydrogens is 352 g/mol. The molecule has 0 unspecified atom stereocenters. The molecule has 2 rings (SSSR count). The fourth-order valence-corrected chi connectivity index (χ4v) is 2.94. The molecule has 0 saturated carbocycles. The molecule has 0 radical (unpaired) electrons. The van der Waals surface area contributed by atoms with Crippen LogP contribution in [0.2, 0.25) is 0 Å². The maximum absolute atomic E-state index is 12.2. The van der Waals surface area contributed by atoms with E-state index in [1.54, 1.807) is 42.5 Å². The molecule has 0 saturated heterocycles. The Morgan fingerprint density at radius 3 is 2.42 bits per heavy atom. The van der Waals surface area contributed by atoms with Gasteiger partial charge in [0.15, 0.2) is 11.5 Å². The predicted octanol–water partition coefficient (Wildman–Crippen LogP) is 3.49. The van der Waals surface area contributed by atoms with Crippen LogP contribution in [0.25, 0.3) is 0 Å². The van der Waals surface area contributed by atoms with Crippen LogP contribution in [0.3, 0.4) is 0 Å². The zero-order valence-electron chi connectivity index (χ0n) is 15.2. The van der Waals surface area contributed by atoms with Gasteiger partial charge in [-0.3, -0.25) is 0 Å². The lowest BCUT2D eigenvalue weighted by molar-refractivity contribution is 0.277. The van der Waals surface area contributed by atoms with Crippen LogP contribution in [0.5, 0.6) is 11.5 Å². The minimum absolute atomic E-state index is 0.165. The number of rotatable bonds is 9. The second-order valence-electron chi connectivity index (χ2n) is 5.65. The number of benzene rings is 2. The highest BCUT2D eigenvalue weighted by atomic mass is 32.2. The van der Waals surface area contributed by atoms with Crippen molar-refractivity contribution in [3.63, 3.8) is 0 Å². The van der Waals surface area contributed by atoms with Crippen LogP contribution < -0.4 is 14.3 Å². The summed E-state index contributed by atoms with van der Waals surface area (Å²) in [5.41, 5.74) is 1.69. The van der Waals surface area contributed by atoms with Crippen LogP contribution in [0.4, 0.5) is 0 Å². The molecule has 0 amide bonds. The van der Waals surface area contributed by atoms with Gasteiger partial charge in [-0.15, -0.1) is 0 Å². The summed E-state index contributed by atoms with van der Waals surface area (Å²) in [5.74, 6) is 1.26. The van der Waals surface area contributed by atoms with E-state index in [-0.39, 0.29) is 4.90 Å². The molecule has 2 aromatic carbocycles. The molecule has 0 atom stereocenters. The van der Waals surface area contributed by atoms with Gasteiger partial charge in [-0.1, -0.05) is 24.6 Å². The SMILES string of the molecule is CCCOc1ccc(C=NNS(=O)(=O)c2ccc(C)cc2)cc1OCC. The summed E-state index contributed by atoms with van der Waals surface area (Å²) < 4.78 is 35.6. The predicted molar refractivity (Wildman–Crippen MR) is 102 cm³/mol. The maximum atomic E-state index is 12.2. The van der Waals surface area contributed by atoms with E-state index in [9.17, 15) is 8.42 Å². The van der Waals surface area contributed by atoms with E-state index >= 15 is 0 Å². The smallest absolute Gasteiger partial charge is 0.276 e. The lowest BCUT2D eigenvalue weighted by Gasteiger charge is -2.11. The van der Waals surface area contributed by atoms with Crippen molar-refractivity contribution >= 4 is 16.2 Å². The minimum atomic E-state index is -3.69. The lowest BCUT2D eigenvalue weighted by atomic mass is 10.2. The number of hydrogen-bond acceptors (Lipinski definition) is 5. The van der Waals surface area contributed by atoms with Gasteiger partial charge in [-0.25, -0.2) is 4.83 Å². The first kappa shape index (κ1) is 19.8. The topological polar surface area (TPSA) is 77.0 Å². The summed E-state index contributed by atoms with van der Waals surface area (Å²) in [7, 11) is -3.69. The molecular formula is C19H24N2O4S. The second-order valence-corrected chi connectivity index (χ2v) is 7.31. The molecule has 7 heteroatoms. The molecule has 0 fully saturated rings. The zero-order chi connectivity index (χ0) is 19.0. The highest BCUT2D eigenvalue weighted by molar-refractivity contribution is 7.89. The summed E-state index contributed by atoms with van der Waals surface area (Å²) in [5, 5.41) is 3.85. The Kier molecular flexibility index (Phi) is 7.03. The first-order valence-corrected chi connectivity index (χ1v) is 9.95. The molecule has 0 aliphatic heterocycles. The first-order valence-electron chi connectivity index (χ1n) is 8.47. The van der Waals surface area contributed by atoms with Gasteiger partial charge in [-0.2, -0.15) is 13.5 Å². The fourth-order valence-electron chi connectivity index (χ4n) is 2.14. The van der Waals surface area contributed by atoms with Crippen molar-refractivity contribution in [3.8, 4) is 11.5 Å². The number of aryl methyl sites for hydroxylation is 1. The fraction of sp³-hybridized carbons (Fsp3) is 0.316. The van der Waals surface area contributed by atoms with Gasteiger partial charge in [0.1, 0.15) is 0 Å². The van der Waals surface area contributed by atoms with Crippen LogP contribution >= 0.6 is 0 Å². The molecule has 140 valence electrons. The van der Waals surface area contributed by atoms with Crippen molar-refractivity contribution in [1.29, 1.82) is 0 Å². The van der Waals surface area contributed by atoms with Crippen molar-refractivity contribution in [2.24, 2.45) is 5.10 Å². The van der Waals surface area contributed by atoms with E-state index in [1.165, 1.54) is 6.21 Å². The van der Waals surface area contributed by atoms with Crippen LogP contribution in [0.15, 0.2) is 52.5 Å². The Morgan fingerprint density at radius 2 is 1.77 bits per heavy atom. The van der Waals surface area contributed by atoms with E-state index in [0.29, 0.717) is 30.3 Å². The summed E-state index contributed by atoms with van der Waals surface area (Å²) in [4.78, 5) is 2.38. The van der Waals surface area contributed by atoms with Gasteiger partial charge in [0.25, 0.3) is 10.0 Å². The van der Waals surface area contributed by atoms with Crippen LogP contribution in [-0.2, 0) is 10.0 Å². The highest BCUT2D eigenvalue weighted by Crippen LogP contribution is 2.28. The summed E-state index contributed by atoms with van der Waals surface area (Å²) >= 11 is 0. The number of sulfonamides is 1. The number of nitrogens with one attached hydrogen (secondary N) is 1. The average Bonchev–Trinajstić information content (AvgIpc) is 2.61. The van der Waals surface area contributed by atoms with Gasteiger partial charge < -0.3 is 9.47 Å². The number of hydrogen-bond donors (Lipinski definition) is 1. The largest absolute Gasteiger partial charge is 0.490 e.